The Morgan fingerprint density at radius 3 is 2.41 bits per heavy atom. The Morgan fingerprint density at radius 2 is 1.70 bits per heavy atom. The van der Waals surface area contributed by atoms with Crippen molar-refractivity contribution in [2.75, 3.05) is 25.7 Å². The molecule has 1 aliphatic heterocycles. The molecule has 9 heteroatoms. The zero-order valence-corrected chi connectivity index (χ0v) is 20.5. The molecule has 1 fully saturated rings. The zero-order valence-electron chi connectivity index (χ0n) is 20.5. The second kappa shape index (κ2) is 9.69. The van der Waals surface area contributed by atoms with Crippen LogP contribution in [-0.2, 0) is 9.59 Å². The Bertz CT molecular complexity index is 1520. The first-order valence-corrected chi connectivity index (χ1v) is 11.7. The Labute approximate surface area is 212 Å². The number of fused-ring (bicyclic) bond motifs is 1. The van der Waals surface area contributed by atoms with Gasteiger partial charge in [0.25, 0.3) is 5.78 Å². The molecule has 0 aliphatic carbocycles. The van der Waals surface area contributed by atoms with Crippen LogP contribution < -0.4 is 19.1 Å². The van der Waals surface area contributed by atoms with E-state index < -0.39 is 17.7 Å². The highest BCUT2D eigenvalue weighted by Gasteiger charge is 2.48. The van der Waals surface area contributed by atoms with Gasteiger partial charge in [0.2, 0.25) is 5.95 Å². The van der Waals surface area contributed by atoms with Gasteiger partial charge in [-0.05, 0) is 48.9 Å². The second-order valence-electron chi connectivity index (χ2n) is 8.35. The van der Waals surface area contributed by atoms with E-state index in [-0.39, 0.29) is 17.3 Å². The molecule has 1 amide bonds. The fraction of sp³-hybridized carbons (Fsp3) is 0.179. The molecule has 5 rings (SSSR count). The minimum absolute atomic E-state index is 0.0538. The number of aliphatic hydroxyl groups is 1. The summed E-state index contributed by atoms with van der Waals surface area (Å²) in [6.45, 7) is 2.29. The fourth-order valence-corrected chi connectivity index (χ4v) is 4.42. The molecule has 4 aromatic rings. The number of rotatable bonds is 7. The molecule has 1 aromatic heterocycles. The van der Waals surface area contributed by atoms with Crippen molar-refractivity contribution in [3.63, 3.8) is 0 Å². The van der Waals surface area contributed by atoms with Gasteiger partial charge in [-0.3, -0.25) is 14.5 Å². The number of nitrogens with zero attached hydrogens (tertiary/aromatic N) is 2. The van der Waals surface area contributed by atoms with Crippen molar-refractivity contribution in [1.29, 1.82) is 0 Å². The molecule has 1 aliphatic rings. The quantitative estimate of drug-likeness (QED) is 0.217. The molecule has 0 spiro atoms. The number of benzene rings is 3. The van der Waals surface area contributed by atoms with E-state index in [1.807, 2.05) is 6.92 Å². The van der Waals surface area contributed by atoms with Crippen LogP contribution in [0.5, 0.6) is 17.2 Å². The van der Waals surface area contributed by atoms with Crippen LogP contribution in [0.25, 0.3) is 16.8 Å². The zero-order chi connectivity index (χ0) is 26.1. The topological polar surface area (TPSA) is 114 Å². The summed E-state index contributed by atoms with van der Waals surface area (Å²) >= 11 is 0. The second-order valence-corrected chi connectivity index (χ2v) is 8.35. The van der Waals surface area contributed by atoms with Crippen LogP contribution in [-0.4, -0.2) is 47.6 Å². The maximum absolute atomic E-state index is 13.4. The number of H-pyrrole nitrogens is 1. The van der Waals surface area contributed by atoms with Gasteiger partial charge in [0.05, 0.1) is 43.5 Å². The Hall–Kier alpha value is -4.79. The lowest BCUT2D eigenvalue weighted by molar-refractivity contribution is -0.132. The van der Waals surface area contributed by atoms with E-state index in [9.17, 15) is 14.7 Å². The summed E-state index contributed by atoms with van der Waals surface area (Å²) in [7, 11) is 3.11. The van der Waals surface area contributed by atoms with Gasteiger partial charge in [0, 0.05) is 11.6 Å². The van der Waals surface area contributed by atoms with Crippen molar-refractivity contribution < 1.29 is 28.9 Å². The number of nitrogens with one attached hydrogen (secondary N) is 1. The lowest BCUT2D eigenvalue weighted by Gasteiger charge is -2.23. The molecule has 1 unspecified atom stereocenters. The van der Waals surface area contributed by atoms with Gasteiger partial charge < -0.3 is 24.3 Å². The van der Waals surface area contributed by atoms with E-state index in [1.54, 1.807) is 80.9 Å². The third kappa shape index (κ3) is 4.24. The van der Waals surface area contributed by atoms with Gasteiger partial charge in [-0.2, -0.15) is 0 Å². The van der Waals surface area contributed by atoms with Crippen molar-refractivity contribution >= 4 is 34.4 Å². The van der Waals surface area contributed by atoms with Crippen molar-refractivity contribution in [3.05, 3.63) is 83.4 Å². The van der Waals surface area contributed by atoms with E-state index in [1.165, 1.54) is 4.90 Å². The normalized spacial score (nSPS) is 16.8. The predicted molar refractivity (Wildman–Crippen MR) is 138 cm³/mol. The summed E-state index contributed by atoms with van der Waals surface area (Å²) in [5.41, 5.74) is 2.13. The maximum atomic E-state index is 13.4. The Balaban J connectivity index is 1.69. The molecule has 0 bridgehead atoms. The number of imidazole rings is 1. The van der Waals surface area contributed by atoms with Crippen molar-refractivity contribution in [2.45, 2.75) is 13.0 Å². The molecular weight excluding hydrogens is 474 g/mol. The Morgan fingerprint density at radius 1 is 0.973 bits per heavy atom. The number of aromatic nitrogens is 2. The number of amides is 1. The molecule has 1 saturated heterocycles. The van der Waals surface area contributed by atoms with Crippen LogP contribution in [0.1, 0.15) is 24.1 Å². The summed E-state index contributed by atoms with van der Waals surface area (Å²) in [5.74, 6) is 0.00130. The van der Waals surface area contributed by atoms with Crippen molar-refractivity contribution in [3.8, 4) is 17.2 Å². The summed E-state index contributed by atoms with van der Waals surface area (Å²) < 4.78 is 16.1. The predicted octanol–water partition coefficient (Wildman–Crippen LogP) is 4.61. The minimum atomic E-state index is -0.941. The number of aromatic amines is 1. The van der Waals surface area contributed by atoms with Crippen LogP contribution in [0.3, 0.4) is 0 Å². The molecule has 0 saturated carbocycles. The van der Waals surface area contributed by atoms with E-state index in [4.69, 9.17) is 14.2 Å². The summed E-state index contributed by atoms with van der Waals surface area (Å²) in [6, 6.07) is 18.0. The first-order chi connectivity index (χ1) is 17.9. The summed E-state index contributed by atoms with van der Waals surface area (Å²) in [5, 5.41) is 11.4. The standard InChI is InChI=1S/C28H25N3O6/c1-4-37-20-7-5-6-17(14-20)25(32)23-24(16-8-10-18(35-2)11-9-16)31(27(34)26(23)33)28-29-21-13-12-19(36-3)15-22(21)30-28/h5-15,24,32H,4H2,1-3H3,(H,29,30)/b25-23+. The van der Waals surface area contributed by atoms with E-state index in [0.717, 1.165) is 0 Å². The van der Waals surface area contributed by atoms with E-state index in [0.29, 0.717) is 46.0 Å². The number of hydrogen-bond donors (Lipinski definition) is 2. The molecule has 2 N–H and O–H groups in total. The highest BCUT2D eigenvalue weighted by Crippen LogP contribution is 2.42. The van der Waals surface area contributed by atoms with Crippen LogP contribution >= 0.6 is 0 Å². The summed E-state index contributed by atoms with van der Waals surface area (Å²) in [4.78, 5) is 35.8. The smallest absolute Gasteiger partial charge is 0.302 e. The van der Waals surface area contributed by atoms with Gasteiger partial charge in [0.1, 0.15) is 23.0 Å². The first kappa shape index (κ1) is 23.9. The maximum Gasteiger partial charge on any atom is 0.302 e. The van der Waals surface area contributed by atoms with Gasteiger partial charge in [0.15, 0.2) is 0 Å². The highest BCUT2D eigenvalue weighted by atomic mass is 16.5. The number of ketones is 1. The van der Waals surface area contributed by atoms with Gasteiger partial charge in [-0.25, -0.2) is 4.98 Å². The Kier molecular flexibility index (Phi) is 6.27. The van der Waals surface area contributed by atoms with Crippen LogP contribution in [0.4, 0.5) is 5.95 Å². The number of aliphatic hydroxyl groups excluding tert-OH is 1. The molecule has 2 heterocycles. The molecule has 0 radical (unpaired) electrons. The highest BCUT2D eigenvalue weighted by molar-refractivity contribution is 6.51. The third-order valence-electron chi connectivity index (χ3n) is 6.20. The molecule has 188 valence electrons. The lowest BCUT2D eigenvalue weighted by atomic mass is 9.95. The number of ether oxygens (including phenoxy) is 3. The number of Topliss-reactive ketones (excluding diaryl/α,β-unsaturated/α-hetero) is 1. The van der Waals surface area contributed by atoms with Crippen LogP contribution in [0, 0.1) is 0 Å². The number of methoxy groups -OCH3 is 2. The molecule has 3 aromatic carbocycles. The molecular formula is C28H25N3O6. The van der Waals surface area contributed by atoms with Crippen LogP contribution in [0.15, 0.2) is 72.3 Å². The largest absolute Gasteiger partial charge is 0.507 e. The van der Waals surface area contributed by atoms with Gasteiger partial charge in [-0.1, -0.05) is 24.3 Å². The first-order valence-electron chi connectivity index (χ1n) is 11.7. The number of carbonyl (C=O) groups excluding carboxylic acids is 2. The minimum Gasteiger partial charge on any atom is -0.507 e. The van der Waals surface area contributed by atoms with Gasteiger partial charge >= 0.3 is 5.91 Å². The van der Waals surface area contributed by atoms with E-state index >= 15 is 0 Å². The van der Waals surface area contributed by atoms with Crippen LogP contribution in [0.2, 0.25) is 0 Å². The third-order valence-corrected chi connectivity index (χ3v) is 6.20. The molecule has 37 heavy (non-hydrogen) atoms. The number of carbonyl (C=O) groups is 2. The average Bonchev–Trinajstić information content (AvgIpc) is 3.46. The summed E-state index contributed by atoms with van der Waals surface area (Å²) in [6.07, 6.45) is 0. The van der Waals surface area contributed by atoms with Gasteiger partial charge in [-0.15, -0.1) is 0 Å². The number of anilines is 1. The lowest BCUT2D eigenvalue weighted by Crippen LogP contribution is -2.30. The molecule has 9 nitrogen and oxygen atoms in total. The SMILES string of the molecule is CCOc1cccc(/C(O)=C2\C(=O)C(=O)N(c3nc4ccc(OC)cc4[nH]3)C2c2ccc(OC)cc2)c1. The van der Waals surface area contributed by atoms with Crippen molar-refractivity contribution in [1.82, 2.24) is 9.97 Å². The van der Waals surface area contributed by atoms with Crippen molar-refractivity contribution in [2.24, 2.45) is 0 Å². The molecule has 1 atom stereocenters. The average molecular weight is 500 g/mol. The monoisotopic (exact) mass is 499 g/mol. The fourth-order valence-electron chi connectivity index (χ4n) is 4.42. The van der Waals surface area contributed by atoms with E-state index in [2.05, 4.69) is 9.97 Å². The number of hydrogen-bond acceptors (Lipinski definition) is 7.